The summed E-state index contributed by atoms with van der Waals surface area (Å²) in [5, 5.41) is 14.8. The van der Waals surface area contributed by atoms with Gasteiger partial charge in [0, 0.05) is 11.1 Å². The minimum Gasteiger partial charge on any atom is -0.508 e. The number of carbonyl (C=O) groups is 1. The molecule has 0 aliphatic heterocycles. The van der Waals surface area contributed by atoms with Gasteiger partial charge in [0.2, 0.25) is 0 Å². The van der Waals surface area contributed by atoms with Crippen LogP contribution in [0.25, 0.3) is 27.7 Å². The Balaban J connectivity index is 1.77. The molecule has 0 aliphatic carbocycles. The van der Waals surface area contributed by atoms with Crippen molar-refractivity contribution in [2.75, 3.05) is 0 Å². The third-order valence-corrected chi connectivity index (χ3v) is 6.80. The largest absolute Gasteiger partial charge is 0.508 e. The van der Waals surface area contributed by atoms with Gasteiger partial charge in [0.15, 0.2) is 5.69 Å². The Bertz CT molecular complexity index is 1580. The van der Waals surface area contributed by atoms with Gasteiger partial charge in [0.05, 0.1) is 16.1 Å². The fourth-order valence-electron chi connectivity index (χ4n) is 3.67. The number of nitrogens with one attached hydrogen (secondary N) is 1. The number of rotatable bonds is 7. The van der Waals surface area contributed by atoms with Crippen molar-refractivity contribution in [2.45, 2.75) is 18.7 Å². The van der Waals surface area contributed by atoms with Gasteiger partial charge in [0.25, 0.3) is 15.9 Å². The van der Waals surface area contributed by atoms with Crippen LogP contribution < -0.4 is 10.5 Å². The first-order chi connectivity index (χ1) is 16.7. The summed E-state index contributed by atoms with van der Waals surface area (Å²) in [4.78, 5) is 12.1. The molecule has 4 rings (SSSR count). The topological polar surface area (TPSA) is 127 Å². The van der Waals surface area contributed by atoms with Crippen molar-refractivity contribution in [1.29, 1.82) is 0 Å². The molecule has 1 heterocycles. The maximum Gasteiger partial charge on any atom is 0.269 e. The quantitative estimate of drug-likeness (QED) is 0.335. The van der Waals surface area contributed by atoms with Crippen LogP contribution in [0.5, 0.6) is 5.75 Å². The van der Waals surface area contributed by atoms with Gasteiger partial charge >= 0.3 is 0 Å². The number of sulfonamides is 1. The van der Waals surface area contributed by atoms with Crippen LogP contribution in [0.3, 0.4) is 0 Å². The minimum atomic E-state index is -3.77. The van der Waals surface area contributed by atoms with E-state index in [1.54, 1.807) is 66.2 Å². The van der Waals surface area contributed by atoms with Crippen molar-refractivity contribution in [3.8, 4) is 22.6 Å². The zero-order valence-corrected chi connectivity index (χ0v) is 20.0. The molecule has 0 unspecified atom stereocenters. The molecule has 0 aliphatic rings. The number of nitrogens with zero attached hydrogens (tertiary/aromatic N) is 2. The molecular formula is C26H24N4O4S. The molecule has 178 valence electrons. The molecule has 1 aromatic heterocycles. The van der Waals surface area contributed by atoms with E-state index in [4.69, 9.17) is 5.73 Å². The van der Waals surface area contributed by atoms with Crippen LogP contribution in [0.15, 0.2) is 95.6 Å². The highest BCUT2D eigenvalue weighted by molar-refractivity contribution is 7.89. The highest BCUT2D eigenvalue weighted by Crippen LogP contribution is 2.30. The molecule has 0 atom stereocenters. The Hall–Kier alpha value is -4.37. The maximum atomic E-state index is 12.7. The Kier molecular flexibility index (Phi) is 6.44. The molecule has 1 amide bonds. The predicted molar refractivity (Wildman–Crippen MR) is 136 cm³/mol. The molecule has 0 fully saturated rings. The third-order valence-electron chi connectivity index (χ3n) is 5.32. The Morgan fingerprint density at radius 3 is 2.43 bits per heavy atom. The first-order valence-electron chi connectivity index (χ1n) is 10.7. The van der Waals surface area contributed by atoms with Crippen molar-refractivity contribution < 1.29 is 18.3 Å². The van der Waals surface area contributed by atoms with Crippen LogP contribution in [-0.4, -0.2) is 29.2 Å². The summed E-state index contributed by atoms with van der Waals surface area (Å²) in [6.45, 7) is 3.50. The fourth-order valence-corrected chi connectivity index (χ4v) is 4.77. The van der Waals surface area contributed by atoms with Crippen molar-refractivity contribution in [3.63, 3.8) is 0 Å². The van der Waals surface area contributed by atoms with Crippen LogP contribution >= 0.6 is 0 Å². The lowest BCUT2D eigenvalue weighted by Gasteiger charge is -2.10. The third kappa shape index (κ3) is 4.95. The van der Waals surface area contributed by atoms with Gasteiger partial charge in [-0.15, -0.1) is 0 Å². The molecule has 35 heavy (non-hydrogen) atoms. The van der Waals surface area contributed by atoms with Crippen LogP contribution in [-0.2, 0) is 10.0 Å². The number of fused-ring (bicyclic) bond motifs is 1. The van der Waals surface area contributed by atoms with Crippen LogP contribution in [0, 0.1) is 0 Å². The Morgan fingerprint density at radius 2 is 1.77 bits per heavy atom. The van der Waals surface area contributed by atoms with Crippen molar-refractivity contribution in [3.05, 3.63) is 96.3 Å². The Morgan fingerprint density at radius 1 is 1.06 bits per heavy atom. The van der Waals surface area contributed by atoms with Gasteiger partial charge in [0.1, 0.15) is 5.75 Å². The van der Waals surface area contributed by atoms with Crippen LogP contribution in [0.4, 0.5) is 0 Å². The van der Waals surface area contributed by atoms with Gasteiger partial charge in [-0.25, -0.2) is 13.1 Å². The number of allylic oxidation sites excluding steroid dienone is 4. The van der Waals surface area contributed by atoms with E-state index in [1.807, 2.05) is 25.1 Å². The highest BCUT2D eigenvalue weighted by Gasteiger charge is 2.18. The van der Waals surface area contributed by atoms with E-state index in [2.05, 4.69) is 9.82 Å². The van der Waals surface area contributed by atoms with E-state index < -0.39 is 15.9 Å². The van der Waals surface area contributed by atoms with E-state index in [9.17, 15) is 18.3 Å². The van der Waals surface area contributed by atoms with Gasteiger partial charge in [-0.3, -0.25) is 9.52 Å². The average molecular weight is 489 g/mol. The summed E-state index contributed by atoms with van der Waals surface area (Å²) in [7, 11) is -3.77. The molecule has 4 aromatic rings. The number of amides is 1. The monoisotopic (exact) mass is 488 g/mol. The lowest BCUT2D eigenvalue weighted by Crippen LogP contribution is -2.21. The fraction of sp³-hybridized carbons (Fsp3) is 0.0769. The zero-order valence-electron chi connectivity index (χ0n) is 19.1. The number of carbonyl (C=O) groups excluding carboxylic acids is 1. The summed E-state index contributed by atoms with van der Waals surface area (Å²) in [5.74, 6) is -0.541. The number of aromatic hydroxyl groups is 1. The van der Waals surface area contributed by atoms with Gasteiger partial charge in [-0.1, -0.05) is 30.4 Å². The zero-order chi connectivity index (χ0) is 25.2. The lowest BCUT2D eigenvalue weighted by molar-refractivity contribution is 0.0996. The van der Waals surface area contributed by atoms with E-state index >= 15 is 0 Å². The molecule has 0 saturated heterocycles. The summed E-state index contributed by atoms with van der Waals surface area (Å²) < 4.78 is 29.5. The van der Waals surface area contributed by atoms with Gasteiger partial charge < -0.3 is 10.8 Å². The number of phenolic OH excluding ortho intramolecular Hbond substituents is 1. The standard InChI is InChI=1S/C26H24N4O4S/c1-3-4-6-17(2)29-35(33,34)22-12-10-20(11-13-22)30-24-16-19(18-7-5-8-21(31)15-18)9-14-23(24)25(28-30)26(27)32/h3-16,29,31H,1-2H3,(H2,27,32)/b4-3+,17-6-. The summed E-state index contributed by atoms with van der Waals surface area (Å²) in [6, 6.07) is 18.4. The number of aromatic nitrogens is 2. The number of hydrogen-bond donors (Lipinski definition) is 3. The number of primary amides is 1. The average Bonchev–Trinajstić information content (AvgIpc) is 3.22. The molecule has 0 bridgehead atoms. The first-order valence-corrected chi connectivity index (χ1v) is 12.2. The highest BCUT2D eigenvalue weighted by atomic mass is 32.2. The van der Waals surface area contributed by atoms with Crippen molar-refractivity contribution >= 4 is 26.8 Å². The second kappa shape index (κ2) is 9.47. The number of benzene rings is 3. The smallest absolute Gasteiger partial charge is 0.269 e. The lowest BCUT2D eigenvalue weighted by atomic mass is 10.0. The Labute approximate surface area is 203 Å². The minimum absolute atomic E-state index is 0.0847. The second-order valence-electron chi connectivity index (χ2n) is 7.88. The second-order valence-corrected chi connectivity index (χ2v) is 9.56. The van der Waals surface area contributed by atoms with E-state index in [1.165, 1.54) is 12.1 Å². The molecule has 3 aromatic carbocycles. The predicted octanol–water partition coefficient (Wildman–Crippen LogP) is 4.26. The summed E-state index contributed by atoms with van der Waals surface area (Å²) >= 11 is 0. The van der Waals surface area contributed by atoms with Crippen molar-refractivity contribution in [1.82, 2.24) is 14.5 Å². The molecule has 0 spiro atoms. The van der Waals surface area contributed by atoms with Crippen LogP contribution in [0.1, 0.15) is 24.3 Å². The summed E-state index contributed by atoms with van der Waals surface area (Å²) in [6.07, 6.45) is 5.20. The molecule has 9 heteroatoms. The molecule has 0 radical (unpaired) electrons. The first kappa shape index (κ1) is 23.8. The van der Waals surface area contributed by atoms with Gasteiger partial charge in [-0.05, 0) is 79.6 Å². The maximum absolute atomic E-state index is 12.7. The van der Waals surface area contributed by atoms with E-state index in [0.29, 0.717) is 22.3 Å². The number of hydrogen-bond acceptors (Lipinski definition) is 5. The number of nitrogens with two attached hydrogens (primary N) is 1. The van der Waals surface area contributed by atoms with Gasteiger partial charge in [-0.2, -0.15) is 5.10 Å². The van der Waals surface area contributed by atoms with Crippen LogP contribution in [0.2, 0.25) is 0 Å². The van der Waals surface area contributed by atoms with E-state index in [-0.39, 0.29) is 16.3 Å². The van der Waals surface area contributed by atoms with E-state index in [0.717, 1.165) is 11.1 Å². The SMILES string of the molecule is C/C=C/C=C(/C)NS(=O)(=O)c1ccc(-n2nc(C(N)=O)c3ccc(-c4cccc(O)c4)cc32)cc1. The number of phenols is 1. The molecule has 8 nitrogen and oxygen atoms in total. The molecule has 4 N–H and O–H groups in total. The molecule has 0 saturated carbocycles. The molecular weight excluding hydrogens is 464 g/mol. The van der Waals surface area contributed by atoms with Crippen molar-refractivity contribution in [2.24, 2.45) is 5.73 Å². The normalized spacial score (nSPS) is 12.3. The summed E-state index contributed by atoms with van der Waals surface area (Å²) in [5.41, 5.74) is 8.89.